The Morgan fingerprint density at radius 3 is 2.63 bits per heavy atom. The molecule has 0 fully saturated rings. The summed E-state index contributed by atoms with van der Waals surface area (Å²) < 4.78 is 4.81. The molecule has 1 aromatic carbocycles. The van der Waals surface area contributed by atoms with Crippen molar-refractivity contribution in [3.63, 3.8) is 0 Å². The summed E-state index contributed by atoms with van der Waals surface area (Å²) in [5, 5.41) is 13.6. The van der Waals surface area contributed by atoms with Crippen molar-refractivity contribution in [1.29, 1.82) is 0 Å². The number of rotatable bonds is 7. The minimum Gasteiger partial charge on any atom is -0.458 e. The normalized spacial score (nSPS) is 10.1. The number of oxime groups is 1. The third kappa shape index (κ3) is 5.39. The van der Waals surface area contributed by atoms with Gasteiger partial charge in [-0.05, 0) is 17.7 Å². The number of non-ortho nitro benzene ring substituents is 1. The smallest absolute Gasteiger partial charge is 0.347 e. The standard InChI is InChI=1S/C11H10N2O6/c14-6-5-12-19-8-11(15)18-7-9-1-3-10(4-2-9)13(16)17/h1-6H,7-8H2. The molecule has 1 rings (SSSR count). The van der Waals surface area contributed by atoms with Crippen molar-refractivity contribution in [2.45, 2.75) is 6.61 Å². The highest BCUT2D eigenvalue weighted by Gasteiger charge is 2.06. The van der Waals surface area contributed by atoms with Crippen LogP contribution in [0.2, 0.25) is 0 Å². The van der Waals surface area contributed by atoms with Crippen molar-refractivity contribution >= 4 is 24.2 Å². The molecular weight excluding hydrogens is 256 g/mol. The number of carbonyl (C=O) groups is 2. The van der Waals surface area contributed by atoms with Gasteiger partial charge in [0.1, 0.15) is 12.8 Å². The van der Waals surface area contributed by atoms with Gasteiger partial charge in [0.2, 0.25) is 6.61 Å². The molecule has 8 heteroatoms. The van der Waals surface area contributed by atoms with Crippen LogP contribution in [0.3, 0.4) is 0 Å². The number of hydrogen-bond acceptors (Lipinski definition) is 7. The number of nitro benzene ring substituents is 1. The average molecular weight is 266 g/mol. The molecule has 1 aromatic rings. The molecule has 0 spiro atoms. The highest BCUT2D eigenvalue weighted by Crippen LogP contribution is 2.12. The first-order chi connectivity index (χ1) is 9.13. The van der Waals surface area contributed by atoms with E-state index < -0.39 is 17.5 Å². The zero-order chi connectivity index (χ0) is 14.1. The Kier molecular flexibility index (Phi) is 5.67. The largest absolute Gasteiger partial charge is 0.458 e. The molecule has 0 bridgehead atoms. The summed E-state index contributed by atoms with van der Waals surface area (Å²) in [5.41, 5.74) is 0.567. The average Bonchev–Trinajstić information content (AvgIpc) is 2.42. The van der Waals surface area contributed by atoms with E-state index in [2.05, 4.69) is 9.99 Å². The number of aldehydes is 1. The second-order valence-electron chi connectivity index (χ2n) is 3.25. The lowest BCUT2D eigenvalue weighted by Gasteiger charge is -2.03. The van der Waals surface area contributed by atoms with E-state index in [1.165, 1.54) is 24.3 Å². The van der Waals surface area contributed by atoms with Crippen molar-refractivity contribution in [2.24, 2.45) is 5.16 Å². The fraction of sp³-hybridized carbons (Fsp3) is 0.182. The lowest BCUT2D eigenvalue weighted by molar-refractivity contribution is -0.384. The Morgan fingerprint density at radius 2 is 2.05 bits per heavy atom. The predicted molar refractivity (Wildman–Crippen MR) is 63.4 cm³/mol. The minimum absolute atomic E-state index is 0.0302. The van der Waals surface area contributed by atoms with E-state index in [1.807, 2.05) is 0 Å². The van der Waals surface area contributed by atoms with E-state index in [1.54, 1.807) is 0 Å². The first-order valence-electron chi connectivity index (χ1n) is 5.11. The highest BCUT2D eigenvalue weighted by molar-refractivity contribution is 6.12. The summed E-state index contributed by atoms with van der Waals surface area (Å²) in [5.74, 6) is -0.665. The Balaban J connectivity index is 2.35. The number of nitrogens with zero attached hydrogens (tertiary/aromatic N) is 2. The number of nitro groups is 1. The molecule has 100 valence electrons. The number of benzene rings is 1. The summed E-state index contributed by atoms with van der Waals surface area (Å²) in [6.45, 7) is -0.450. The quantitative estimate of drug-likeness (QED) is 0.238. The Labute approximate surface area is 107 Å². The molecule has 0 atom stereocenters. The maximum atomic E-state index is 11.1. The Bertz CT molecular complexity index is 482. The summed E-state index contributed by atoms with van der Waals surface area (Å²) in [6.07, 6.45) is 1.26. The fourth-order valence-electron chi connectivity index (χ4n) is 1.08. The molecule has 0 aliphatic carbocycles. The van der Waals surface area contributed by atoms with Crippen molar-refractivity contribution in [3.05, 3.63) is 39.9 Å². The molecule has 0 saturated heterocycles. The second-order valence-corrected chi connectivity index (χ2v) is 3.25. The molecule has 0 saturated carbocycles. The number of esters is 1. The third-order valence-electron chi connectivity index (χ3n) is 1.93. The molecule has 19 heavy (non-hydrogen) atoms. The topological polar surface area (TPSA) is 108 Å². The van der Waals surface area contributed by atoms with Crippen LogP contribution in [0.5, 0.6) is 0 Å². The van der Waals surface area contributed by atoms with Crippen LogP contribution in [0.25, 0.3) is 0 Å². The van der Waals surface area contributed by atoms with E-state index in [0.29, 0.717) is 11.8 Å². The van der Waals surface area contributed by atoms with E-state index in [4.69, 9.17) is 4.74 Å². The van der Waals surface area contributed by atoms with E-state index in [9.17, 15) is 19.7 Å². The van der Waals surface area contributed by atoms with Crippen LogP contribution in [0.4, 0.5) is 5.69 Å². The molecule has 0 aliphatic heterocycles. The fourth-order valence-corrected chi connectivity index (χ4v) is 1.08. The van der Waals surface area contributed by atoms with Crippen LogP contribution in [-0.2, 0) is 25.8 Å². The molecular formula is C11H10N2O6. The predicted octanol–water partition coefficient (Wildman–Crippen LogP) is 0.839. The highest BCUT2D eigenvalue weighted by atomic mass is 16.7. The van der Waals surface area contributed by atoms with Crippen LogP contribution < -0.4 is 0 Å². The van der Waals surface area contributed by atoms with Crippen molar-refractivity contribution in [3.8, 4) is 0 Å². The number of hydrogen-bond donors (Lipinski definition) is 0. The van der Waals surface area contributed by atoms with Gasteiger partial charge in [0.25, 0.3) is 5.69 Å². The third-order valence-corrected chi connectivity index (χ3v) is 1.93. The molecule has 0 radical (unpaired) electrons. The van der Waals surface area contributed by atoms with Gasteiger partial charge in [-0.2, -0.15) is 0 Å². The molecule has 0 N–H and O–H groups in total. The molecule has 0 amide bonds. The summed E-state index contributed by atoms with van der Waals surface area (Å²) in [4.78, 5) is 35.3. The monoisotopic (exact) mass is 266 g/mol. The van der Waals surface area contributed by atoms with Gasteiger partial charge < -0.3 is 9.57 Å². The van der Waals surface area contributed by atoms with Crippen molar-refractivity contribution in [1.82, 2.24) is 0 Å². The van der Waals surface area contributed by atoms with Crippen molar-refractivity contribution in [2.75, 3.05) is 6.61 Å². The van der Waals surface area contributed by atoms with Gasteiger partial charge in [-0.3, -0.25) is 14.9 Å². The van der Waals surface area contributed by atoms with Crippen LogP contribution in [-0.4, -0.2) is 30.0 Å². The molecule has 0 aliphatic rings. The van der Waals surface area contributed by atoms with Gasteiger partial charge in [-0.25, -0.2) is 4.79 Å². The summed E-state index contributed by atoms with van der Waals surface area (Å²) >= 11 is 0. The number of ether oxygens (including phenoxy) is 1. The van der Waals surface area contributed by atoms with Gasteiger partial charge in [0.15, 0.2) is 6.29 Å². The zero-order valence-electron chi connectivity index (χ0n) is 9.72. The van der Waals surface area contributed by atoms with Gasteiger partial charge in [0.05, 0.1) is 4.92 Å². The van der Waals surface area contributed by atoms with Crippen LogP contribution in [0.15, 0.2) is 29.4 Å². The van der Waals surface area contributed by atoms with Crippen molar-refractivity contribution < 1.29 is 24.1 Å². The van der Waals surface area contributed by atoms with Gasteiger partial charge >= 0.3 is 5.97 Å². The summed E-state index contributed by atoms with van der Waals surface area (Å²) in [6, 6.07) is 5.59. The summed E-state index contributed by atoms with van der Waals surface area (Å²) in [7, 11) is 0. The van der Waals surface area contributed by atoms with Gasteiger partial charge in [-0.1, -0.05) is 5.16 Å². The Hall–Kier alpha value is -2.77. The lowest BCUT2D eigenvalue weighted by Crippen LogP contribution is -2.10. The van der Waals surface area contributed by atoms with E-state index in [-0.39, 0.29) is 12.3 Å². The van der Waals surface area contributed by atoms with E-state index in [0.717, 1.165) is 6.21 Å². The maximum absolute atomic E-state index is 11.1. The van der Waals surface area contributed by atoms with Crippen LogP contribution >= 0.6 is 0 Å². The van der Waals surface area contributed by atoms with Crippen LogP contribution in [0, 0.1) is 10.1 Å². The first kappa shape index (κ1) is 14.3. The SMILES string of the molecule is O=CC=NOCC(=O)OCc1ccc([N+](=O)[O-])cc1. The van der Waals surface area contributed by atoms with Gasteiger partial charge in [0, 0.05) is 12.1 Å². The molecule has 0 heterocycles. The first-order valence-corrected chi connectivity index (χ1v) is 5.11. The molecule has 8 nitrogen and oxygen atoms in total. The lowest BCUT2D eigenvalue weighted by atomic mass is 10.2. The zero-order valence-corrected chi connectivity index (χ0v) is 9.72. The number of carbonyl (C=O) groups excluding carboxylic acids is 2. The van der Waals surface area contributed by atoms with E-state index >= 15 is 0 Å². The molecule has 0 aromatic heterocycles. The minimum atomic E-state index is -0.665. The second kappa shape index (κ2) is 7.54. The Morgan fingerprint density at radius 1 is 1.37 bits per heavy atom. The van der Waals surface area contributed by atoms with Gasteiger partial charge in [-0.15, -0.1) is 0 Å². The van der Waals surface area contributed by atoms with Crippen LogP contribution in [0.1, 0.15) is 5.56 Å². The maximum Gasteiger partial charge on any atom is 0.347 e. The molecule has 0 unspecified atom stereocenters.